The van der Waals surface area contributed by atoms with Crippen molar-refractivity contribution >= 4 is 40.3 Å². The molecule has 2 saturated heterocycles. The number of piperidine rings is 1. The largest absolute Gasteiger partial charge is 0.497 e. The zero-order valence-electron chi connectivity index (χ0n) is 24.0. The van der Waals surface area contributed by atoms with Crippen molar-refractivity contribution in [3.05, 3.63) is 101 Å². The zero-order chi connectivity index (χ0) is 28.7. The van der Waals surface area contributed by atoms with Crippen molar-refractivity contribution in [2.75, 3.05) is 30.0 Å². The summed E-state index contributed by atoms with van der Waals surface area (Å²) >= 11 is 13.0. The number of hydrogen-bond donors (Lipinski definition) is 1. The molecule has 2 aliphatic heterocycles. The van der Waals surface area contributed by atoms with Crippen LogP contribution in [0.1, 0.15) is 54.5 Å². The average Bonchev–Trinajstić information content (AvgIpc) is 3.48. The van der Waals surface area contributed by atoms with Gasteiger partial charge in [0.25, 0.3) is 0 Å². The van der Waals surface area contributed by atoms with Crippen LogP contribution in [-0.4, -0.2) is 34.9 Å². The minimum absolute atomic E-state index is 0.117. The van der Waals surface area contributed by atoms with E-state index in [1.54, 1.807) is 7.11 Å². The molecule has 1 N–H and O–H groups in total. The van der Waals surface area contributed by atoms with Gasteiger partial charge in [-0.25, -0.2) is 0 Å². The van der Waals surface area contributed by atoms with E-state index in [0.717, 1.165) is 63.9 Å². The third-order valence-corrected chi connectivity index (χ3v) is 9.17. The third-order valence-electron chi connectivity index (χ3n) is 8.55. The number of aromatic nitrogens is 2. The van der Waals surface area contributed by atoms with Gasteiger partial charge in [0, 0.05) is 42.0 Å². The van der Waals surface area contributed by atoms with Crippen LogP contribution in [0.5, 0.6) is 5.75 Å². The molecule has 4 aromatic rings. The van der Waals surface area contributed by atoms with Crippen molar-refractivity contribution in [3.8, 4) is 11.4 Å². The first kappa shape index (κ1) is 27.6. The van der Waals surface area contributed by atoms with Crippen molar-refractivity contribution in [2.45, 2.75) is 45.7 Å². The fourth-order valence-corrected chi connectivity index (χ4v) is 6.96. The molecular formula is C33H36ClN5OS. The molecule has 0 radical (unpaired) electrons. The van der Waals surface area contributed by atoms with Gasteiger partial charge in [-0.05, 0) is 111 Å². The lowest BCUT2D eigenvalue weighted by Gasteiger charge is -2.33. The molecule has 6 rings (SSSR count). The summed E-state index contributed by atoms with van der Waals surface area (Å²) in [7, 11) is 1.69. The Bertz CT molecular complexity index is 1550. The number of halogens is 1. The quantitative estimate of drug-likeness (QED) is 0.236. The number of nitrogens with zero attached hydrogens (tertiary/aromatic N) is 4. The molecule has 6 nitrogen and oxygen atoms in total. The molecule has 4 heterocycles. The predicted molar refractivity (Wildman–Crippen MR) is 172 cm³/mol. The highest BCUT2D eigenvalue weighted by Crippen LogP contribution is 2.45. The SMILES string of the molecule is COc1ccc(-n2c(C)cc([C@H]3[C@H](c4ccccn4)NC(=S)N3c3ccc(N4CCC(C)CC4)c(Cl)c3)c2C)cc1. The Morgan fingerprint density at radius 3 is 2.37 bits per heavy atom. The first-order valence-corrected chi connectivity index (χ1v) is 15.0. The first-order valence-electron chi connectivity index (χ1n) is 14.2. The highest BCUT2D eigenvalue weighted by Gasteiger charge is 2.42. The topological polar surface area (TPSA) is 45.6 Å². The van der Waals surface area contributed by atoms with Crippen LogP contribution in [0, 0.1) is 19.8 Å². The monoisotopic (exact) mass is 585 g/mol. The Labute approximate surface area is 252 Å². The molecule has 212 valence electrons. The second-order valence-corrected chi connectivity index (χ2v) is 12.0. The van der Waals surface area contributed by atoms with E-state index < -0.39 is 0 Å². The molecule has 0 amide bonds. The molecule has 2 aliphatic rings. The van der Waals surface area contributed by atoms with Gasteiger partial charge in [-0.1, -0.05) is 24.6 Å². The molecule has 41 heavy (non-hydrogen) atoms. The van der Waals surface area contributed by atoms with Crippen LogP contribution in [0.4, 0.5) is 11.4 Å². The van der Waals surface area contributed by atoms with Gasteiger partial charge >= 0.3 is 0 Å². The van der Waals surface area contributed by atoms with E-state index in [1.807, 2.05) is 30.5 Å². The van der Waals surface area contributed by atoms with Crippen molar-refractivity contribution in [3.63, 3.8) is 0 Å². The molecule has 0 unspecified atom stereocenters. The van der Waals surface area contributed by atoms with Crippen LogP contribution in [0.2, 0.25) is 5.02 Å². The van der Waals surface area contributed by atoms with Crippen molar-refractivity contribution in [1.29, 1.82) is 0 Å². The van der Waals surface area contributed by atoms with E-state index in [9.17, 15) is 0 Å². The first-order chi connectivity index (χ1) is 19.9. The highest BCUT2D eigenvalue weighted by atomic mass is 35.5. The maximum absolute atomic E-state index is 6.98. The number of benzene rings is 2. The molecule has 8 heteroatoms. The summed E-state index contributed by atoms with van der Waals surface area (Å²) in [6, 6.07) is 22.6. The number of nitrogens with one attached hydrogen (secondary N) is 1. The van der Waals surface area contributed by atoms with Crippen LogP contribution >= 0.6 is 23.8 Å². The van der Waals surface area contributed by atoms with Crippen molar-refractivity contribution < 1.29 is 4.74 Å². The van der Waals surface area contributed by atoms with Crippen molar-refractivity contribution in [2.24, 2.45) is 5.92 Å². The van der Waals surface area contributed by atoms with Crippen LogP contribution in [-0.2, 0) is 0 Å². The number of hydrogen-bond acceptors (Lipinski definition) is 4. The van der Waals surface area contributed by atoms with Gasteiger partial charge < -0.3 is 24.4 Å². The standard InChI is InChI=1S/C33H36ClN5OS/c1-21-14-17-37(18-15-21)30-13-10-25(20-28(30)34)39-32(31(36-33(39)41)29-7-5-6-16-35-29)27-19-22(2)38(23(27)3)24-8-11-26(40-4)12-9-24/h5-13,16,19-21,31-32H,14-15,17-18H2,1-4H3,(H,36,41)/t31-,32-/m0/s1. The molecule has 0 bridgehead atoms. The summed E-state index contributed by atoms with van der Waals surface area (Å²) in [4.78, 5) is 9.35. The van der Waals surface area contributed by atoms with Crippen molar-refractivity contribution in [1.82, 2.24) is 14.9 Å². The number of thiocarbonyl (C=S) groups is 1. The lowest BCUT2D eigenvalue weighted by molar-refractivity contribution is 0.414. The van der Waals surface area contributed by atoms with E-state index in [0.29, 0.717) is 5.11 Å². The number of pyridine rings is 1. The van der Waals surface area contributed by atoms with Gasteiger partial charge in [0.15, 0.2) is 5.11 Å². The fraction of sp³-hybridized carbons (Fsp3) is 0.333. The second-order valence-electron chi connectivity index (χ2n) is 11.2. The van der Waals surface area contributed by atoms with Gasteiger partial charge in [0.2, 0.25) is 0 Å². The van der Waals surface area contributed by atoms with Crippen LogP contribution < -0.4 is 19.9 Å². The summed E-state index contributed by atoms with van der Waals surface area (Å²) in [5.74, 6) is 1.60. The maximum Gasteiger partial charge on any atom is 0.174 e. The number of rotatable bonds is 6. The van der Waals surface area contributed by atoms with Gasteiger partial charge in [-0.3, -0.25) is 4.98 Å². The minimum Gasteiger partial charge on any atom is -0.497 e. The minimum atomic E-state index is -0.129. The van der Waals surface area contributed by atoms with E-state index in [-0.39, 0.29) is 12.1 Å². The van der Waals surface area contributed by atoms with Crippen LogP contribution in [0.15, 0.2) is 72.9 Å². The summed E-state index contributed by atoms with van der Waals surface area (Å²) < 4.78 is 7.68. The molecule has 0 saturated carbocycles. The number of ether oxygens (including phenoxy) is 1. The Morgan fingerprint density at radius 1 is 0.976 bits per heavy atom. The normalized spacial score (nSPS) is 19.5. The lowest BCUT2D eigenvalue weighted by Crippen LogP contribution is -2.33. The van der Waals surface area contributed by atoms with Gasteiger partial charge in [0.05, 0.1) is 35.6 Å². The molecule has 0 aliphatic carbocycles. The lowest BCUT2D eigenvalue weighted by atomic mass is 9.96. The average molecular weight is 586 g/mol. The van der Waals surface area contributed by atoms with Gasteiger partial charge in [-0.15, -0.1) is 0 Å². The van der Waals surface area contributed by atoms with E-state index in [1.165, 1.54) is 18.4 Å². The molecule has 2 aromatic carbocycles. The van der Waals surface area contributed by atoms with Gasteiger partial charge in [-0.2, -0.15) is 0 Å². The zero-order valence-corrected chi connectivity index (χ0v) is 25.5. The Kier molecular flexibility index (Phi) is 7.66. The Morgan fingerprint density at radius 2 is 1.71 bits per heavy atom. The van der Waals surface area contributed by atoms with Crippen LogP contribution in [0.3, 0.4) is 0 Å². The molecule has 2 atom stereocenters. The van der Waals surface area contributed by atoms with E-state index >= 15 is 0 Å². The van der Waals surface area contributed by atoms with E-state index in [4.69, 9.17) is 33.5 Å². The molecule has 0 spiro atoms. The predicted octanol–water partition coefficient (Wildman–Crippen LogP) is 7.56. The highest BCUT2D eigenvalue weighted by molar-refractivity contribution is 7.80. The van der Waals surface area contributed by atoms with E-state index in [2.05, 4.69) is 82.9 Å². The molecule has 2 fully saturated rings. The number of methoxy groups -OCH3 is 1. The maximum atomic E-state index is 6.98. The van der Waals surface area contributed by atoms with Crippen LogP contribution in [0.25, 0.3) is 5.69 Å². The molecule has 2 aromatic heterocycles. The summed E-state index contributed by atoms with van der Waals surface area (Å²) in [5, 5.41) is 5.01. The fourth-order valence-electron chi connectivity index (χ4n) is 6.32. The Hall–Kier alpha value is -3.55. The second kappa shape index (κ2) is 11.4. The third kappa shape index (κ3) is 5.17. The summed E-state index contributed by atoms with van der Waals surface area (Å²) in [5.41, 5.74) is 7.58. The smallest absolute Gasteiger partial charge is 0.174 e. The summed E-state index contributed by atoms with van der Waals surface area (Å²) in [6.45, 7) is 8.71. The number of anilines is 2. The number of aryl methyl sites for hydroxylation is 1. The van der Waals surface area contributed by atoms with Gasteiger partial charge in [0.1, 0.15) is 5.75 Å². The summed E-state index contributed by atoms with van der Waals surface area (Å²) in [6.07, 6.45) is 4.22. The molecular weight excluding hydrogens is 550 g/mol. The Balaban J connectivity index is 1.42.